The molecule has 1 aromatic carbocycles. The molecule has 0 aliphatic rings. The maximum Gasteiger partial charge on any atom is 0.151 e. The zero-order chi connectivity index (χ0) is 15.3. The first-order valence-electron chi connectivity index (χ1n) is 7.17. The number of nitrogens with zero attached hydrogens (tertiary/aromatic N) is 1. The number of benzene rings is 1. The van der Waals surface area contributed by atoms with Crippen molar-refractivity contribution < 1.29 is 8.42 Å². The van der Waals surface area contributed by atoms with E-state index in [1.807, 2.05) is 20.0 Å². The van der Waals surface area contributed by atoms with E-state index in [9.17, 15) is 8.42 Å². The van der Waals surface area contributed by atoms with Crippen LogP contribution >= 0.6 is 0 Å². The number of rotatable bonds is 7. The first kappa shape index (κ1) is 17.2. The Morgan fingerprint density at radius 1 is 1.10 bits per heavy atom. The SMILES string of the molecule is C[C@H](CCN(C)[C@@H](C)[C@H](C)S(C)(=O)=O)c1ccccc1. The molecule has 0 radical (unpaired) electrons. The average Bonchev–Trinajstić information content (AvgIpc) is 2.42. The molecule has 4 heteroatoms. The van der Waals surface area contributed by atoms with Gasteiger partial charge in [-0.3, -0.25) is 0 Å². The smallest absolute Gasteiger partial charge is 0.151 e. The van der Waals surface area contributed by atoms with Gasteiger partial charge in [0.1, 0.15) is 0 Å². The zero-order valence-corrected chi connectivity index (χ0v) is 14.0. The molecule has 3 atom stereocenters. The molecule has 0 amide bonds. The van der Waals surface area contributed by atoms with Gasteiger partial charge < -0.3 is 4.90 Å². The molecule has 3 nitrogen and oxygen atoms in total. The van der Waals surface area contributed by atoms with Crippen LogP contribution in [0.4, 0.5) is 0 Å². The van der Waals surface area contributed by atoms with Gasteiger partial charge in [0.05, 0.1) is 5.25 Å². The molecule has 20 heavy (non-hydrogen) atoms. The quantitative estimate of drug-likeness (QED) is 0.776. The largest absolute Gasteiger partial charge is 0.302 e. The predicted molar refractivity (Wildman–Crippen MR) is 85.9 cm³/mol. The summed E-state index contributed by atoms with van der Waals surface area (Å²) < 4.78 is 23.2. The normalized spacial score (nSPS) is 16.9. The average molecular weight is 297 g/mol. The second-order valence-corrected chi connectivity index (χ2v) is 8.26. The van der Waals surface area contributed by atoms with Crippen molar-refractivity contribution in [3.8, 4) is 0 Å². The van der Waals surface area contributed by atoms with Crippen LogP contribution in [-0.4, -0.2) is 44.5 Å². The first-order valence-corrected chi connectivity index (χ1v) is 9.13. The lowest BCUT2D eigenvalue weighted by Gasteiger charge is -2.29. The van der Waals surface area contributed by atoms with E-state index >= 15 is 0 Å². The van der Waals surface area contributed by atoms with Gasteiger partial charge in [0.15, 0.2) is 9.84 Å². The molecule has 0 saturated heterocycles. The lowest BCUT2D eigenvalue weighted by molar-refractivity contribution is 0.245. The second kappa shape index (κ2) is 7.23. The fourth-order valence-electron chi connectivity index (χ4n) is 2.27. The highest BCUT2D eigenvalue weighted by molar-refractivity contribution is 7.91. The molecule has 0 heterocycles. The van der Waals surface area contributed by atoms with Crippen LogP contribution in [0.25, 0.3) is 0 Å². The number of hydrogen-bond donors (Lipinski definition) is 0. The molecule has 0 aromatic heterocycles. The van der Waals surface area contributed by atoms with Crippen LogP contribution in [0.1, 0.15) is 38.7 Å². The van der Waals surface area contributed by atoms with Gasteiger partial charge in [-0.15, -0.1) is 0 Å². The van der Waals surface area contributed by atoms with Crippen molar-refractivity contribution in [1.82, 2.24) is 4.90 Å². The van der Waals surface area contributed by atoms with Crippen LogP contribution in [0.3, 0.4) is 0 Å². The summed E-state index contributed by atoms with van der Waals surface area (Å²) in [6, 6.07) is 10.5. The van der Waals surface area contributed by atoms with Crippen LogP contribution in [-0.2, 0) is 9.84 Å². The van der Waals surface area contributed by atoms with Crippen LogP contribution in [0.5, 0.6) is 0 Å². The molecule has 0 spiro atoms. The van der Waals surface area contributed by atoms with E-state index < -0.39 is 9.84 Å². The van der Waals surface area contributed by atoms with Crippen molar-refractivity contribution in [3.63, 3.8) is 0 Å². The van der Waals surface area contributed by atoms with Gasteiger partial charge in [0.25, 0.3) is 0 Å². The monoisotopic (exact) mass is 297 g/mol. The molecule has 0 N–H and O–H groups in total. The van der Waals surface area contributed by atoms with E-state index in [1.54, 1.807) is 6.92 Å². The minimum Gasteiger partial charge on any atom is -0.302 e. The highest BCUT2D eigenvalue weighted by Crippen LogP contribution is 2.20. The van der Waals surface area contributed by atoms with Gasteiger partial charge in [-0.2, -0.15) is 0 Å². The Labute approximate surface area is 123 Å². The van der Waals surface area contributed by atoms with Gasteiger partial charge in [-0.25, -0.2) is 8.42 Å². The summed E-state index contributed by atoms with van der Waals surface area (Å²) in [5.41, 5.74) is 1.34. The van der Waals surface area contributed by atoms with Gasteiger partial charge in [-0.05, 0) is 45.3 Å². The summed E-state index contributed by atoms with van der Waals surface area (Å²) in [5, 5.41) is -0.334. The van der Waals surface area contributed by atoms with Crippen LogP contribution in [0, 0.1) is 0 Å². The fraction of sp³-hybridized carbons (Fsp3) is 0.625. The molecule has 0 aliphatic carbocycles. The number of hydrogen-bond acceptors (Lipinski definition) is 3. The van der Waals surface area contributed by atoms with E-state index in [-0.39, 0.29) is 11.3 Å². The Hall–Kier alpha value is -0.870. The van der Waals surface area contributed by atoms with Crippen molar-refractivity contribution in [2.45, 2.75) is 44.4 Å². The predicted octanol–water partition coefficient (Wildman–Crippen LogP) is 2.93. The van der Waals surface area contributed by atoms with Gasteiger partial charge >= 0.3 is 0 Å². The molecule has 0 bridgehead atoms. The number of sulfone groups is 1. The molecule has 0 unspecified atom stereocenters. The Kier molecular flexibility index (Phi) is 6.21. The molecule has 114 valence electrons. The lowest BCUT2D eigenvalue weighted by atomic mass is 9.97. The Bertz CT molecular complexity index is 498. The topological polar surface area (TPSA) is 37.4 Å². The lowest BCUT2D eigenvalue weighted by Crippen LogP contribution is -2.41. The van der Waals surface area contributed by atoms with Crippen molar-refractivity contribution in [1.29, 1.82) is 0 Å². The van der Waals surface area contributed by atoms with Gasteiger partial charge in [-0.1, -0.05) is 37.3 Å². The van der Waals surface area contributed by atoms with Crippen LogP contribution in [0.2, 0.25) is 0 Å². The molecule has 1 rings (SSSR count). The summed E-state index contributed by atoms with van der Waals surface area (Å²) in [7, 11) is -0.975. The minimum absolute atomic E-state index is 0.0352. The summed E-state index contributed by atoms with van der Waals surface area (Å²) in [6.07, 6.45) is 2.34. The summed E-state index contributed by atoms with van der Waals surface area (Å²) >= 11 is 0. The second-order valence-electron chi connectivity index (χ2n) is 5.86. The summed E-state index contributed by atoms with van der Waals surface area (Å²) in [4.78, 5) is 2.14. The van der Waals surface area contributed by atoms with E-state index in [4.69, 9.17) is 0 Å². The molecule has 0 aliphatic heterocycles. The molecular formula is C16H27NO2S. The van der Waals surface area contributed by atoms with E-state index in [2.05, 4.69) is 36.1 Å². The summed E-state index contributed by atoms with van der Waals surface area (Å²) in [5.74, 6) is 0.486. The third-order valence-corrected chi connectivity index (χ3v) is 6.08. The zero-order valence-electron chi connectivity index (χ0n) is 13.2. The molecular weight excluding hydrogens is 270 g/mol. The fourth-order valence-corrected chi connectivity index (χ4v) is 3.19. The van der Waals surface area contributed by atoms with Gasteiger partial charge in [0.2, 0.25) is 0 Å². The minimum atomic E-state index is -2.98. The van der Waals surface area contributed by atoms with Crippen LogP contribution < -0.4 is 0 Å². The highest BCUT2D eigenvalue weighted by Gasteiger charge is 2.25. The van der Waals surface area contributed by atoms with Crippen molar-refractivity contribution in [3.05, 3.63) is 35.9 Å². The van der Waals surface area contributed by atoms with Crippen molar-refractivity contribution >= 4 is 9.84 Å². The summed E-state index contributed by atoms with van der Waals surface area (Å²) in [6.45, 7) is 6.89. The highest BCUT2D eigenvalue weighted by atomic mass is 32.2. The third-order valence-electron chi connectivity index (χ3n) is 4.33. The van der Waals surface area contributed by atoms with Crippen LogP contribution in [0.15, 0.2) is 30.3 Å². The molecule has 0 saturated carbocycles. The van der Waals surface area contributed by atoms with Crippen molar-refractivity contribution in [2.24, 2.45) is 0 Å². The standard InChI is InChI=1S/C16H27NO2S/c1-13(16-9-7-6-8-10-16)11-12-17(4)14(2)15(3)20(5,18)19/h6-10,13-15H,11-12H2,1-5H3/t13-,14+,15+/m1/s1. The van der Waals surface area contributed by atoms with Gasteiger partial charge in [0, 0.05) is 12.3 Å². The Morgan fingerprint density at radius 3 is 2.15 bits per heavy atom. The Balaban J connectivity index is 2.53. The molecule has 1 aromatic rings. The van der Waals surface area contributed by atoms with E-state index in [0.29, 0.717) is 5.92 Å². The first-order chi connectivity index (χ1) is 9.23. The maximum atomic E-state index is 11.6. The van der Waals surface area contributed by atoms with Crippen molar-refractivity contribution in [2.75, 3.05) is 19.8 Å². The van der Waals surface area contributed by atoms with E-state index in [1.165, 1.54) is 11.8 Å². The molecule has 0 fully saturated rings. The Morgan fingerprint density at radius 2 is 1.65 bits per heavy atom. The van der Waals surface area contributed by atoms with E-state index in [0.717, 1.165) is 13.0 Å². The maximum absolute atomic E-state index is 11.6. The third kappa shape index (κ3) is 4.91.